The molecule has 1 N–H and O–H groups in total. The Kier molecular flexibility index (Phi) is 3.02. The van der Waals surface area contributed by atoms with Gasteiger partial charge in [0.2, 0.25) is 0 Å². The maximum Gasteiger partial charge on any atom is 0.108 e. The summed E-state index contributed by atoms with van der Waals surface area (Å²) in [5.74, 6) is 0.864. The van der Waals surface area contributed by atoms with E-state index in [-0.39, 0.29) is 0 Å². The van der Waals surface area contributed by atoms with Crippen LogP contribution >= 0.6 is 11.3 Å². The van der Waals surface area contributed by atoms with Crippen LogP contribution in [-0.2, 0) is 6.54 Å². The summed E-state index contributed by atoms with van der Waals surface area (Å²) in [6.45, 7) is 4.67. The summed E-state index contributed by atoms with van der Waals surface area (Å²) in [6, 6.07) is 9.17. The maximum absolute atomic E-state index is 4.75. The van der Waals surface area contributed by atoms with Gasteiger partial charge in [-0.25, -0.2) is 4.98 Å². The molecule has 2 atom stereocenters. The van der Waals surface area contributed by atoms with Crippen LogP contribution in [0.25, 0.3) is 10.2 Å². The Morgan fingerprint density at radius 1 is 1.32 bits per heavy atom. The fourth-order valence-corrected chi connectivity index (χ4v) is 4.45. The van der Waals surface area contributed by atoms with Crippen LogP contribution in [-0.4, -0.2) is 35.6 Å². The molecule has 2 aliphatic rings. The Morgan fingerprint density at radius 3 is 3.16 bits per heavy atom. The number of nitrogens with zero attached hydrogens (tertiary/aromatic N) is 2. The van der Waals surface area contributed by atoms with Crippen molar-refractivity contribution >= 4 is 21.6 Å². The summed E-state index contributed by atoms with van der Waals surface area (Å²) in [7, 11) is 0. The van der Waals surface area contributed by atoms with E-state index in [0.717, 1.165) is 24.0 Å². The van der Waals surface area contributed by atoms with Crippen molar-refractivity contribution in [3.05, 3.63) is 29.3 Å². The summed E-state index contributed by atoms with van der Waals surface area (Å²) in [4.78, 5) is 7.32. The first-order valence-corrected chi connectivity index (χ1v) is 8.00. The molecular weight excluding hydrogens is 254 g/mol. The molecular formula is C15H19N3S. The Labute approximate surface area is 117 Å². The van der Waals surface area contributed by atoms with Gasteiger partial charge in [0.25, 0.3) is 0 Å². The molecule has 0 radical (unpaired) electrons. The van der Waals surface area contributed by atoms with Crippen LogP contribution in [0, 0.1) is 5.92 Å². The predicted molar refractivity (Wildman–Crippen MR) is 79.4 cm³/mol. The van der Waals surface area contributed by atoms with E-state index in [9.17, 15) is 0 Å². The van der Waals surface area contributed by atoms with Gasteiger partial charge in [-0.3, -0.25) is 4.90 Å². The van der Waals surface area contributed by atoms with Crippen LogP contribution in [0.3, 0.4) is 0 Å². The van der Waals surface area contributed by atoms with Crippen LogP contribution in [0.2, 0.25) is 0 Å². The molecule has 0 bridgehead atoms. The van der Waals surface area contributed by atoms with Crippen molar-refractivity contribution < 1.29 is 0 Å². The fourth-order valence-electron chi connectivity index (χ4n) is 3.44. The number of rotatable bonds is 2. The first-order chi connectivity index (χ1) is 9.38. The Bertz CT molecular complexity index is 533. The van der Waals surface area contributed by atoms with Crippen molar-refractivity contribution in [1.29, 1.82) is 0 Å². The number of hydrogen-bond donors (Lipinski definition) is 1. The van der Waals surface area contributed by atoms with E-state index in [0.29, 0.717) is 0 Å². The predicted octanol–water partition coefficient (Wildman–Crippen LogP) is 2.48. The molecule has 2 aromatic rings. The van der Waals surface area contributed by atoms with E-state index in [1.165, 1.54) is 42.2 Å². The molecule has 4 rings (SSSR count). The molecule has 3 nitrogen and oxygen atoms in total. The average Bonchev–Trinajstić information content (AvgIpc) is 3.00. The van der Waals surface area contributed by atoms with E-state index in [1.54, 1.807) is 0 Å². The number of thiazole rings is 1. The number of fused-ring (bicyclic) bond motifs is 2. The number of benzene rings is 1. The van der Waals surface area contributed by atoms with Crippen LogP contribution in [0.1, 0.15) is 17.8 Å². The van der Waals surface area contributed by atoms with Gasteiger partial charge in [-0.2, -0.15) is 0 Å². The highest BCUT2D eigenvalue weighted by atomic mass is 32.1. The van der Waals surface area contributed by atoms with Crippen molar-refractivity contribution in [3.8, 4) is 0 Å². The average molecular weight is 273 g/mol. The molecule has 0 unspecified atom stereocenters. The third-order valence-corrected chi connectivity index (χ3v) is 5.39. The van der Waals surface area contributed by atoms with Gasteiger partial charge < -0.3 is 5.32 Å². The van der Waals surface area contributed by atoms with Crippen molar-refractivity contribution in [2.45, 2.75) is 25.4 Å². The van der Waals surface area contributed by atoms with Gasteiger partial charge in [0.1, 0.15) is 5.01 Å². The van der Waals surface area contributed by atoms with Gasteiger partial charge in [-0.1, -0.05) is 12.1 Å². The molecule has 1 aromatic carbocycles. The Hall–Kier alpha value is -0.970. The molecule has 0 amide bonds. The lowest BCUT2D eigenvalue weighted by molar-refractivity contribution is 0.312. The number of aromatic nitrogens is 1. The molecule has 0 saturated carbocycles. The van der Waals surface area contributed by atoms with Crippen LogP contribution in [0.15, 0.2) is 24.3 Å². The molecule has 100 valence electrons. The standard InChI is InChI=1S/C15H19N3S/c1-2-6-14-12(5-1)17-15(19-14)10-18-8-11-4-3-7-16-13(11)9-18/h1-2,5-6,11,13,16H,3-4,7-10H2/t11-,13+/m0/s1. The second-order valence-corrected chi connectivity index (χ2v) is 6.85. The minimum atomic E-state index is 0.725. The van der Waals surface area contributed by atoms with Crippen LogP contribution in [0.4, 0.5) is 0 Å². The minimum absolute atomic E-state index is 0.725. The van der Waals surface area contributed by atoms with E-state index >= 15 is 0 Å². The molecule has 2 saturated heterocycles. The molecule has 4 heteroatoms. The van der Waals surface area contributed by atoms with Crippen LogP contribution in [0.5, 0.6) is 0 Å². The lowest BCUT2D eigenvalue weighted by atomic mass is 9.94. The van der Waals surface area contributed by atoms with E-state index in [2.05, 4.69) is 34.5 Å². The zero-order valence-electron chi connectivity index (χ0n) is 11.0. The summed E-state index contributed by atoms with van der Waals surface area (Å²) in [5.41, 5.74) is 1.15. The summed E-state index contributed by atoms with van der Waals surface area (Å²) >= 11 is 1.84. The number of nitrogens with one attached hydrogen (secondary N) is 1. The Morgan fingerprint density at radius 2 is 2.26 bits per heavy atom. The minimum Gasteiger partial charge on any atom is -0.312 e. The molecule has 0 aliphatic carbocycles. The molecule has 2 fully saturated rings. The molecule has 0 spiro atoms. The third-order valence-electron chi connectivity index (χ3n) is 4.37. The molecule has 1 aromatic heterocycles. The molecule has 3 heterocycles. The number of para-hydroxylation sites is 1. The highest BCUT2D eigenvalue weighted by Crippen LogP contribution is 2.28. The first kappa shape index (κ1) is 11.8. The second-order valence-electron chi connectivity index (χ2n) is 5.73. The highest BCUT2D eigenvalue weighted by molar-refractivity contribution is 7.18. The fraction of sp³-hybridized carbons (Fsp3) is 0.533. The van der Waals surface area contributed by atoms with Gasteiger partial charge in [-0.15, -0.1) is 11.3 Å². The quantitative estimate of drug-likeness (QED) is 0.911. The lowest BCUT2D eigenvalue weighted by Gasteiger charge is -2.24. The first-order valence-electron chi connectivity index (χ1n) is 7.19. The van der Waals surface area contributed by atoms with Gasteiger partial charge in [0.05, 0.1) is 16.8 Å². The van der Waals surface area contributed by atoms with Gasteiger partial charge in [-0.05, 0) is 37.4 Å². The zero-order valence-corrected chi connectivity index (χ0v) is 11.8. The largest absolute Gasteiger partial charge is 0.312 e. The summed E-state index contributed by atoms with van der Waals surface area (Å²) in [6.07, 6.45) is 2.74. The smallest absolute Gasteiger partial charge is 0.108 e. The zero-order chi connectivity index (χ0) is 12.7. The van der Waals surface area contributed by atoms with Crippen molar-refractivity contribution in [2.75, 3.05) is 19.6 Å². The van der Waals surface area contributed by atoms with E-state index < -0.39 is 0 Å². The maximum atomic E-state index is 4.75. The van der Waals surface area contributed by atoms with Gasteiger partial charge in [0.15, 0.2) is 0 Å². The number of likely N-dealkylation sites (tertiary alicyclic amines) is 1. The number of piperidine rings is 1. The van der Waals surface area contributed by atoms with Crippen molar-refractivity contribution in [1.82, 2.24) is 15.2 Å². The summed E-state index contributed by atoms with van der Waals surface area (Å²) in [5, 5.41) is 4.93. The molecule has 2 aliphatic heterocycles. The van der Waals surface area contributed by atoms with E-state index in [1.807, 2.05) is 11.3 Å². The number of hydrogen-bond acceptors (Lipinski definition) is 4. The Balaban J connectivity index is 1.49. The topological polar surface area (TPSA) is 28.2 Å². The van der Waals surface area contributed by atoms with Gasteiger partial charge >= 0.3 is 0 Å². The highest BCUT2D eigenvalue weighted by Gasteiger charge is 2.34. The van der Waals surface area contributed by atoms with E-state index in [4.69, 9.17) is 4.98 Å². The molecule has 19 heavy (non-hydrogen) atoms. The second kappa shape index (κ2) is 4.85. The monoisotopic (exact) mass is 273 g/mol. The summed E-state index contributed by atoms with van der Waals surface area (Å²) < 4.78 is 1.31. The van der Waals surface area contributed by atoms with Crippen LogP contribution < -0.4 is 5.32 Å². The van der Waals surface area contributed by atoms with Crippen molar-refractivity contribution in [2.24, 2.45) is 5.92 Å². The van der Waals surface area contributed by atoms with Gasteiger partial charge in [0, 0.05) is 19.1 Å². The van der Waals surface area contributed by atoms with Crippen molar-refractivity contribution in [3.63, 3.8) is 0 Å². The third kappa shape index (κ3) is 2.29. The normalized spacial score (nSPS) is 27.8. The SMILES string of the molecule is c1ccc2sc(CN3C[C@@H]4CCCN[C@@H]4C3)nc2c1. The lowest BCUT2D eigenvalue weighted by Crippen LogP contribution is -2.40.